The fourth-order valence-corrected chi connectivity index (χ4v) is 5.06. The largest absolute Gasteiger partial charge is 0.377 e. The number of hydrogen-bond donors (Lipinski definition) is 0. The van der Waals surface area contributed by atoms with E-state index in [-0.39, 0.29) is 0 Å². The van der Waals surface area contributed by atoms with Crippen LogP contribution in [0.3, 0.4) is 0 Å². The lowest BCUT2D eigenvalue weighted by molar-refractivity contribution is 0.121. The van der Waals surface area contributed by atoms with Crippen LogP contribution in [0.5, 0.6) is 0 Å². The third kappa shape index (κ3) is 6.24. The van der Waals surface area contributed by atoms with E-state index in [1.54, 1.807) is 0 Å². The van der Waals surface area contributed by atoms with Gasteiger partial charge in [0.05, 0.1) is 6.61 Å². The van der Waals surface area contributed by atoms with Crippen molar-refractivity contribution in [2.45, 2.75) is 64.9 Å². The van der Waals surface area contributed by atoms with E-state index in [2.05, 4.69) is 98.8 Å². The van der Waals surface area contributed by atoms with Crippen LogP contribution in [0.25, 0.3) is 22.3 Å². The molecule has 0 radical (unpaired) electrons. The summed E-state index contributed by atoms with van der Waals surface area (Å²) in [5.74, 6) is 1.39. The molecule has 3 aromatic rings. The van der Waals surface area contributed by atoms with Crippen molar-refractivity contribution in [3.63, 3.8) is 0 Å². The van der Waals surface area contributed by atoms with E-state index in [0.29, 0.717) is 12.5 Å². The van der Waals surface area contributed by atoms with Gasteiger partial charge in [-0.05, 0) is 83.7 Å². The first-order chi connectivity index (χ1) is 16.3. The van der Waals surface area contributed by atoms with Crippen LogP contribution in [0.2, 0.25) is 0 Å². The van der Waals surface area contributed by atoms with Gasteiger partial charge in [-0.3, -0.25) is 0 Å². The third-order valence-corrected chi connectivity index (χ3v) is 6.89. The molecule has 33 heavy (non-hydrogen) atoms. The molecular weight excluding hydrogens is 400 g/mol. The van der Waals surface area contributed by atoms with Crippen LogP contribution in [0.15, 0.2) is 84.9 Å². The van der Waals surface area contributed by atoms with E-state index in [1.165, 1.54) is 59.1 Å². The van der Waals surface area contributed by atoms with E-state index in [1.807, 2.05) is 0 Å². The summed E-state index contributed by atoms with van der Waals surface area (Å²) < 4.78 is 5.87. The summed E-state index contributed by atoms with van der Waals surface area (Å²) in [6.07, 6.45) is 12.1. The molecule has 0 unspecified atom stereocenters. The zero-order valence-corrected chi connectivity index (χ0v) is 20.3. The Bertz CT molecular complexity index is 1010. The van der Waals surface area contributed by atoms with Crippen molar-refractivity contribution in [3.05, 3.63) is 96.1 Å². The van der Waals surface area contributed by atoms with Gasteiger partial charge in [0, 0.05) is 6.61 Å². The fourth-order valence-electron chi connectivity index (χ4n) is 5.06. The molecule has 0 aliphatic heterocycles. The zero-order chi connectivity index (χ0) is 22.9. The second-order valence-electron chi connectivity index (χ2n) is 9.37. The van der Waals surface area contributed by atoms with Crippen LogP contribution < -0.4 is 0 Å². The van der Waals surface area contributed by atoms with Crippen LogP contribution in [0, 0.1) is 5.92 Å². The molecule has 0 N–H and O–H groups in total. The zero-order valence-electron chi connectivity index (χ0n) is 20.3. The van der Waals surface area contributed by atoms with Crippen molar-refractivity contribution in [2.24, 2.45) is 5.92 Å². The normalized spacial score (nSPS) is 18.6. The maximum Gasteiger partial charge on any atom is 0.0716 e. The summed E-state index contributed by atoms with van der Waals surface area (Å²) in [6.45, 7) is 5.93. The highest BCUT2D eigenvalue weighted by Gasteiger charge is 2.23. The van der Waals surface area contributed by atoms with Crippen LogP contribution in [0.1, 0.15) is 69.4 Å². The average Bonchev–Trinajstić information content (AvgIpc) is 2.88. The number of ether oxygens (including phenoxy) is 1. The Morgan fingerprint density at radius 3 is 2.18 bits per heavy atom. The van der Waals surface area contributed by atoms with E-state index < -0.39 is 0 Å². The predicted molar refractivity (Wildman–Crippen MR) is 141 cm³/mol. The Morgan fingerprint density at radius 2 is 1.48 bits per heavy atom. The first kappa shape index (κ1) is 23.5. The fraction of sp³-hybridized carbons (Fsp3) is 0.375. The quantitative estimate of drug-likeness (QED) is 0.239. The Labute approximate surface area is 200 Å². The highest BCUT2D eigenvalue weighted by atomic mass is 16.5. The van der Waals surface area contributed by atoms with Gasteiger partial charge in [-0.1, -0.05) is 98.8 Å². The number of hydrogen-bond acceptors (Lipinski definition) is 1. The van der Waals surface area contributed by atoms with Crippen molar-refractivity contribution in [1.29, 1.82) is 0 Å². The lowest BCUT2D eigenvalue weighted by Gasteiger charge is -2.29. The van der Waals surface area contributed by atoms with Crippen molar-refractivity contribution >= 4 is 0 Å². The van der Waals surface area contributed by atoms with Gasteiger partial charge in [0.2, 0.25) is 0 Å². The first-order valence-electron chi connectivity index (χ1n) is 12.8. The van der Waals surface area contributed by atoms with E-state index in [9.17, 15) is 0 Å². The minimum Gasteiger partial charge on any atom is -0.377 e. The topological polar surface area (TPSA) is 9.23 Å². The van der Waals surface area contributed by atoms with Crippen molar-refractivity contribution < 1.29 is 4.74 Å². The summed E-state index contributed by atoms with van der Waals surface area (Å²) in [5.41, 5.74) is 8.06. The van der Waals surface area contributed by atoms with Crippen LogP contribution >= 0.6 is 0 Å². The van der Waals surface area contributed by atoms with Gasteiger partial charge in [0.1, 0.15) is 0 Å². The highest BCUT2D eigenvalue weighted by molar-refractivity contribution is 5.73. The van der Waals surface area contributed by atoms with Gasteiger partial charge in [-0.25, -0.2) is 0 Å². The molecule has 0 spiro atoms. The highest BCUT2D eigenvalue weighted by Crippen LogP contribution is 2.41. The second-order valence-corrected chi connectivity index (χ2v) is 9.37. The molecular formula is C32H38O. The monoisotopic (exact) mass is 438 g/mol. The smallest absolute Gasteiger partial charge is 0.0716 e. The Balaban J connectivity index is 1.59. The average molecular weight is 439 g/mol. The number of benzene rings is 3. The van der Waals surface area contributed by atoms with Gasteiger partial charge in [-0.15, -0.1) is 0 Å². The molecule has 1 fully saturated rings. The van der Waals surface area contributed by atoms with Crippen molar-refractivity contribution in [3.8, 4) is 22.3 Å². The van der Waals surface area contributed by atoms with E-state index in [4.69, 9.17) is 4.74 Å². The van der Waals surface area contributed by atoms with Crippen LogP contribution in [0.4, 0.5) is 0 Å². The molecule has 0 atom stereocenters. The van der Waals surface area contributed by atoms with Crippen molar-refractivity contribution in [1.82, 2.24) is 0 Å². The Hall–Kier alpha value is -2.64. The summed E-state index contributed by atoms with van der Waals surface area (Å²) in [7, 11) is 0. The van der Waals surface area contributed by atoms with Crippen LogP contribution in [-0.4, -0.2) is 6.61 Å². The molecule has 1 aliphatic rings. The Morgan fingerprint density at radius 1 is 0.788 bits per heavy atom. The minimum absolute atomic E-state index is 0.631. The maximum atomic E-state index is 5.87. The standard InChI is InChI=1S/C32H38O/c1-3-5-9-25-12-15-30(16-13-25)32-23-26(24-33-22-4-2)14-21-31(32)29-19-17-28(18-20-29)27-10-7-6-8-11-27/h5-11,14,17-21,23,25,30H,3-4,12-13,15-16,22,24H2,1-2H3/b9-5+. The SMILES string of the molecule is CC/C=C/C1CCC(c2cc(COCCC)ccc2-c2ccc(-c3ccccc3)cc2)CC1. The molecule has 0 aromatic heterocycles. The van der Waals surface area contributed by atoms with Crippen molar-refractivity contribution in [2.75, 3.05) is 6.61 Å². The molecule has 0 amide bonds. The van der Waals surface area contributed by atoms with Gasteiger partial charge >= 0.3 is 0 Å². The van der Waals surface area contributed by atoms with Crippen LogP contribution in [-0.2, 0) is 11.3 Å². The lowest BCUT2D eigenvalue weighted by atomic mass is 9.76. The summed E-state index contributed by atoms with van der Waals surface area (Å²) in [4.78, 5) is 0. The summed E-state index contributed by atoms with van der Waals surface area (Å²) >= 11 is 0. The molecule has 1 nitrogen and oxygen atoms in total. The van der Waals surface area contributed by atoms with E-state index >= 15 is 0 Å². The minimum atomic E-state index is 0.631. The van der Waals surface area contributed by atoms with E-state index in [0.717, 1.165) is 25.4 Å². The summed E-state index contributed by atoms with van der Waals surface area (Å²) in [6, 6.07) is 26.8. The lowest BCUT2D eigenvalue weighted by Crippen LogP contribution is -2.13. The molecule has 4 rings (SSSR count). The first-order valence-corrected chi connectivity index (χ1v) is 12.8. The summed E-state index contributed by atoms with van der Waals surface area (Å²) in [5, 5.41) is 0. The number of allylic oxidation sites excluding steroid dienone is 2. The predicted octanol–water partition coefficient (Wildman–Crippen LogP) is 9.19. The molecule has 1 heteroatoms. The molecule has 1 aliphatic carbocycles. The van der Waals surface area contributed by atoms with Gasteiger partial charge in [0.15, 0.2) is 0 Å². The van der Waals surface area contributed by atoms with Gasteiger partial charge in [-0.2, -0.15) is 0 Å². The number of rotatable bonds is 9. The molecule has 0 heterocycles. The third-order valence-electron chi connectivity index (χ3n) is 6.89. The van der Waals surface area contributed by atoms with Gasteiger partial charge in [0.25, 0.3) is 0 Å². The molecule has 1 saturated carbocycles. The van der Waals surface area contributed by atoms with Gasteiger partial charge < -0.3 is 4.74 Å². The molecule has 172 valence electrons. The molecule has 0 saturated heterocycles. The second kappa shape index (κ2) is 12.0. The molecule has 3 aromatic carbocycles. The molecule has 0 bridgehead atoms. The Kier molecular flexibility index (Phi) is 8.55. The maximum absolute atomic E-state index is 5.87.